The van der Waals surface area contributed by atoms with Gasteiger partial charge in [0.2, 0.25) is 0 Å². The van der Waals surface area contributed by atoms with Gasteiger partial charge in [-0.3, -0.25) is 11.3 Å². The molecule has 0 aliphatic rings. The van der Waals surface area contributed by atoms with Crippen LogP contribution in [0.2, 0.25) is 0 Å². The van der Waals surface area contributed by atoms with Crippen LogP contribution in [0.15, 0.2) is 24.3 Å². The summed E-state index contributed by atoms with van der Waals surface area (Å²) in [5.41, 5.74) is 2.25. The second-order valence-corrected chi connectivity index (χ2v) is 1.73. The van der Waals surface area contributed by atoms with E-state index in [9.17, 15) is 8.78 Å². The molecule has 0 bridgehead atoms. The first-order valence-electron chi connectivity index (χ1n) is 2.99. The van der Waals surface area contributed by atoms with Crippen LogP contribution in [0.3, 0.4) is 0 Å². The van der Waals surface area contributed by atoms with Crippen LogP contribution in [-0.4, -0.2) is 7.05 Å². The Kier molecular flexibility index (Phi) is 9.68. The molecule has 5 heteroatoms. The van der Waals surface area contributed by atoms with Gasteiger partial charge in [-0.25, -0.2) is 8.78 Å². The Labute approximate surface area is 76.1 Å². The Hall–Kier alpha value is -0.710. The van der Waals surface area contributed by atoms with Crippen LogP contribution in [0.1, 0.15) is 0 Å². The second kappa shape index (κ2) is 8.39. The molecule has 12 heavy (non-hydrogen) atoms. The summed E-state index contributed by atoms with van der Waals surface area (Å²) in [5.74, 6) is 3.52. The fraction of sp³-hybridized carbons (Fsp3) is 0.143. The van der Waals surface area contributed by atoms with Crippen LogP contribution in [-0.2, 0) is 0 Å². The zero-order valence-corrected chi connectivity index (χ0v) is 7.37. The summed E-state index contributed by atoms with van der Waals surface area (Å²) in [6.45, 7) is 0. The van der Waals surface area contributed by atoms with Gasteiger partial charge in [-0.1, -0.05) is 6.07 Å². The third-order valence-corrected chi connectivity index (χ3v) is 0.787. The summed E-state index contributed by atoms with van der Waals surface area (Å²) in [7, 11) is 1.65. The SMILES string of the molecule is CNN.Cl.Fc1cccc(F)c1. The average Bonchev–Trinajstić information content (AvgIpc) is 1.88. The highest BCUT2D eigenvalue weighted by Crippen LogP contribution is 1.99. The molecule has 0 radical (unpaired) electrons. The molecule has 2 nitrogen and oxygen atoms in total. The van der Waals surface area contributed by atoms with Gasteiger partial charge in [0.15, 0.2) is 0 Å². The van der Waals surface area contributed by atoms with Crippen molar-refractivity contribution in [2.75, 3.05) is 7.05 Å². The van der Waals surface area contributed by atoms with E-state index < -0.39 is 11.6 Å². The third-order valence-electron chi connectivity index (χ3n) is 0.787. The zero-order chi connectivity index (χ0) is 8.69. The Bertz CT molecular complexity index is 191. The first-order valence-corrected chi connectivity index (χ1v) is 2.99. The lowest BCUT2D eigenvalue weighted by atomic mass is 10.3. The number of nitrogens with one attached hydrogen (secondary N) is 1. The van der Waals surface area contributed by atoms with E-state index in [0.717, 1.165) is 6.07 Å². The Morgan fingerprint density at radius 1 is 1.25 bits per heavy atom. The van der Waals surface area contributed by atoms with E-state index in [2.05, 4.69) is 11.3 Å². The quantitative estimate of drug-likeness (QED) is 0.487. The molecule has 0 aromatic heterocycles. The summed E-state index contributed by atoms with van der Waals surface area (Å²) >= 11 is 0. The summed E-state index contributed by atoms with van der Waals surface area (Å²) in [5, 5.41) is 0. The lowest BCUT2D eigenvalue weighted by molar-refractivity contribution is 0.583. The van der Waals surface area contributed by atoms with Crippen molar-refractivity contribution in [3.8, 4) is 0 Å². The van der Waals surface area contributed by atoms with Crippen LogP contribution < -0.4 is 11.3 Å². The van der Waals surface area contributed by atoms with Gasteiger partial charge < -0.3 is 0 Å². The number of rotatable bonds is 0. The summed E-state index contributed by atoms with van der Waals surface area (Å²) in [4.78, 5) is 0. The van der Waals surface area contributed by atoms with Gasteiger partial charge in [-0.15, -0.1) is 12.4 Å². The fourth-order valence-corrected chi connectivity index (χ4v) is 0.460. The van der Waals surface area contributed by atoms with Crippen LogP contribution >= 0.6 is 12.4 Å². The van der Waals surface area contributed by atoms with Crippen molar-refractivity contribution in [2.45, 2.75) is 0 Å². The maximum atomic E-state index is 11.9. The monoisotopic (exact) mass is 196 g/mol. The molecule has 0 spiro atoms. The molecule has 0 saturated carbocycles. The number of halogens is 3. The highest BCUT2D eigenvalue weighted by atomic mass is 35.5. The van der Waals surface area contributed by atoms with Gasteiger partial charge in [-0.05, 0) is 19.2 Å². The van der Waals surface area contributed by atoms with E-state index in [0.29, 0.717) is 0 Å². The average molecular weight is 197 g/mol. The molecule has 0 atom stereocenters. The zero-order valence-electron chi connectivity index (χ0n) is 6.55. The van der Waals surface area contributed by atoms with E-state index in [1.807, 2.05) is 0 Å². The van der Waals surface area contributed by atoms with Crippen LogP contribution in [0, 0.1) is 11.6 Å². The minimum atomic E-state index is -0.537. The maximum Gasteiger partial charge on any atom is 0.126 e. The van der Waals surface area contributed by atoms with E-state index in [4.69, 9.17) is 0 Å². The van der Waals surface area contributed by atoms with Gasteiger partial charge in [-0.2, -0.15) is 0 Å². The van der Waals surface area contributed by atoms with Crippen molar-refractivity contribution in [1.29, 1.82) is 0 Å². The normalized spacial score (nSPS) is 7.67. The molecular formula is C7H11ClF2N2. The van der Waals surface area contributed by atoms with Crippen molar-refractivity contribution < 1.29 is 8.78 Å². The van der Waals surface area contributed by atoms with Crippen molar-refractivity contribution in [1.82, 2.24) is 5.43 Å². The Morgan fingerprint density at radius 2 is 1.58 bits per heavy atom. The minimum absolute atomic E-state index is 0. The molecule has 1 aromatic carbocycles. The van der Waals surface area contributed by atoms with Crippen LogP contribution in [0.4, 0.5) is 8.78 Å². The molecule has 70 valence electrons. The van der Waals surface area contributed by atoms with Gasteiger partial charge >= 0.3 is 0 Å². The molecule has 1 aromatic rings. The van der Waals surface area contributed by atoms with Gasteiger partial charge in [0.05, 0.1) is 0 Å². The summed E-state index contributed by atoms with van der Waals surface area (Å²) in [6, 6.07) is 4.55. The van der Waals surface area contributed by atoms with Gasteiger partial charge in [0, 0.05) is 6.07 Å². The predicted molar refractivity (Wildman–Crippen MR) is 46.9 cm³/mol. The number of benzene rings is 1. The van der Waals surface area contributed by atoms with Crippen molar-refractivity contribution in [2.24, 2.45) is 5.84 Å². The molecular weight excluding hydrogens is 186 g/mol. The first-order chi connectivity index (χ1) is 5.20. The van der Waals surface area contributed by atoms with Crippen molar-refractivity contribution in [3.05, 3.63) is 35.9 Å². The fourth-order valence-electron chi connectivity index (χ4n) is 0.460. The third kappa shape index (κ3) is 7.40. The van der Waals surface area contributed by atoms with E-state index in [-0.39, 0.29) is 12.4 Å². The lowest BCUT2D eigenvalue weighted by Gasteiger charge is -1.84. The number of hydrazine groups is 1. The first kappa shape index (κ1) is 13.9. The molecule has 0 aliphatic carbocycles. The second-order valence-electron chi connectivity index (χ2n) is 1.73. The van der Waals surface area contributed by atoms with Crippen LogP contribution in [0.25, 0.3) is 0 Å². The maximum absolute atomic E-state index is 11.9. The molecule has 0 heterocycles. The predicted octanol–water partition coefficient (Wildman–Crippen LogP) is 1.47. The van der Waals surface area contributed by atoms with Gasteiger partial charge in [0.25, 0.3) is 0 Å². The Balaban J connectivity index is 0. The molecule has 0 unspecified atom stereocenters. The van der Waals surface area contributed by atoms with Gasteiger partial charge in [0.1, 0.15) is 11.6 Å². The molecule has 0 saturated heterocycles. The standard InChI is InChI=1S/C6H4F2.CH6N2.ClH/c7-5-2-1-3-6(8)4-5;1-3-2;/h1-4H;3H,2H2,1H3;1H. The number of hydrogen-bond acceptors (Lipinski definition) is 2. The van der Waals surface area contributed by atoms with Crippen molar-refractivity contribution in [3.63, 3.8) is 0 Å². The smallest absolute Gasteiger partial charge is 0.126 e. The molecule has 0 aliphatic heterocycles. The van der Waals surface area contributed by atoms with Crippen LogP contribution in [0.5, 0.6) is 0 Å². The van der Waals surface area contributed by atoms with Crippen molar-refractivity contribution >= 4 is 12.4 Å². The summed E-state index contributed by atoms with van der Waals surface area (Å²) in [6.07, 6.45) is 0. The molecule has 1 rings (SSSR count). The highest BCUT2D eigenvalue weighted by Gasteiger charge is 1.88. The topological polar surface area (TPSA) is 38.0 Å². The Morgan fingerprint density at radius 3 is 1.75 bits per heavy atom. The summed E-state index contributed by atoms with van der Waals surface area (Å²) < 4.78 is 23.9. The largest absolute Gasteiger partial charge is 0.272 e. The van der Waals surface area contributed by atoms with E-state index in [1.54, 1.807) is 7.05 Å². The minimum Gasteiger partial charge on any atom is -0.272 e. The lowest BCUT2D eigenvalue weighted by Crippen LogP contribution is -2.13. The molecule has 0 fully saturated rings. The molecule has 3 N–H and O–H groups in total. The van der Waals surface area contributed by atoms with E-state index >= 15 is 0 Å². The molecule has 0 amide bonds. The highest BCUT2D eigenvalue weighted by molar-refractivity contribution is 5.85. The number of nitrogens with two attached hydrogens (primary N) is 1. The number of hydrogen-bond donors (Lipinski definition) is 2. The van der Waals surface area contributed by atoms with E-state index in [1.165, 1.54) is 18.2 Å².